The van der Waals surface area contributed by atoms with Crippen molar-refractivity contribution < 1.29 is 14.7 Å². The Morgan fingerprint density at radius 1 is 1.47 bits per heavy atom. The molecule has 1 rings (SSSR count). The fraction of sp³-hybridized carbons (Fsp3) is 0.308. The topological polar surface area (TPSA) is 81.4 Å². The highest BCUT2D eigenvalue weighted by atomic mass is 35.5. The summed E-state index contributed by atoms with van der Waals surface area (Å²) in [6.07, 6.45) is 0.0633. The maximum absolute atomic E-state index is 12.3. The number of carbonyl (C=O) groups is 2. The van der Waals surface area contributed by atoms with Crippen LogP contribution in [0.3, 0.4) is 0 Å². The van der Waals surface area contributed by atoms with Crippen LogP contribution in [0.4, 0.5) is 0 Å². The van der Waals surface area contributed by atoms with E-state index in [9.17, 15) is 9.59 Å². The molecule has 0 fully saturated rings. The number of rotatable bonds is 5. The van der Waals surface area contributed by atoms with E-state index in [-0.39, 0.29) is 23.6 Å². The number of halogens is 1. The van der Waals surface area contributed by atoms with Crippen molar-refractivity contribution in [3.8, 4) is 6.07 Å². The predicted molar refractivity (Wildman–Crippen MR) is 69.8 cm³/mol. The zero-order valence-electron chi connectivity index (χ0n) is 10.3. The average Bonchev–Trinajstić information content (AvgIpc) is 2.39. The Hall–Kier alpha value is -2.06. The number of nitriles is 1. The van der Waals surface area contributed by atoms with Crippen LogP contribution in [0.15, 0.2) is 24.3 Å². The third-order valence-electron chi connectivity index (χ3n) is 2.65. The van der Waals surface area contributed by atoms with Gasteiger partial charge in [-0.3, -0.25) is 4.79 Å². The SMILES string of the molecule is CC(C(=O)O)N(CCC#N)C(=O)c1ccccc1Cl. The maximum atomic E-state index is 12.3. The highest BCUT2D eigenvalue weighted by molar-refractivity contribution is 6.33. The van der Waals surface area contributed by atoms with Gasteiger partial charge in [0.25, 0.3) is 5.91 Å². The molecular weight excluding hydrogens is 268 g/mol. The van der Waals surface area contributed by atoms with Crippen molar-refractivity contribution in [1.29, 1.82) is 5.26 Å². The number of carboxylic acids is 1. The quantitative estimate of drug-likeness (QED) is 0.896. The Bertz CT molecular complexity index is 525. The Labute approximate surface area is 116 Å². The fourth-order valence-corrected chi connectivity index (χ4v) is 1.78. The molecule has 0 aliphatic heterocycles. The first-order valence-electron chi connectivity index (χ1n) is 5.64. The van der Waals surface area contributed by atoms with Crippen molar-refractivity contribution in [3.63, 3.8) is 0 Å². The highest BCUT2D eigenvalue weighted by Crippen LogP contribution is 2.18. The van der Waals surface area contributed by atoms with Crippen LogP contribution in [0, 0.1) is 11.3 Å². The van der Waals surface area contributed by atoms with Gasteiger partial charge in [0.1, 0.15) is 6.04 Å². The fourth-order valence-electron chi connectivity index (χ4n) is 1.56. The van der Waals surface area contributed by atoms with Crippen LogP contribution < -0.4 is 0 Å². The second-order valence-electron chi connectivity index (χ2n) is 3.90. The van der Waals surface area contributed by atoms with Gasteiger partial charge in [0.2, 0.25) is 0 Å². The van der Waals surface area contributed by atoms with Gasteiger partial charge in [0, 0.05) is 6.54 Å². The van der Waals surface area contributed by atoms with Gasteiger partial charge < -0.3 is 10.0 Å². The van der Waals surface area contributed by atoms with Gasteiger partial charge in [-0.25, -0.2) is 4.79 Å². The molecule has 0 aliphatic carbocycles. The van der Waals surface area contributed by atoms with Gasteiger partial charge in [-0.15, -0.1) is 0 Å². The molecule has 0 saturated heterocycles. The molecule has 1 aromatic rings. The number of hydrogen-bond acceptors (Lipinski definition) is 3. The van der Waals surface area contributed by atoms with Crippen LogP contribution in [0.25, 0.3) is 0 Å². The van der Waals surface area contributed by atoms with E-state index in [0.29, 0.717) is 0 Å². The average molecular weight is 281 g/mol. The van der Waals surface area contributed by atoms with Gasteiger partial charge in [-0.2, -0.15) is 5.26 Å². The van der Waals surface area contributed by atoms with Crippen molar-refractivity contribution in [2.75, 3.05) is 6.54 Å². The molecule has 0 aromatic heterocycles. The summed E-state index contributed by atoms with van der Waals surface area (Å²) in [5, 5.41) is 17.8. The van der Waals surface area contributed by atoms with Gasteiger partial charge in [0.05, 0.1) is 23.1 Å². The lowest BCUT2D eigenvalue weighted by Crippen LogP contribution is -2.43. The zero-order valence-corrected chi connectivity index (χ0v) is 11.1. The molecule has 1 unspecified atom stereocenters. The van der Waals surface area contributed by atoms with Crippen molar-refractivity contribution >= 4 is 23.5 Å². The molecule has 6 heteroatoms. The molecule has 5 nitrogen and oxygen atoms in total. The molecule has 19 heavy (non-hydrogen) atoms. The standard InChI is InChI=1S/C13H13ClN2O3/c1-9(13(18)19)16(8-4-7-15)12(17)10-5-2-3-6-11(10)14/h2-3,5-6,9H,4,8H2,1H3,(H,18,19). The van der Waals surface area contributed by atoms with Crippen LogP contribution in [0.2, 0.25) is 5.02 Å². The molecule has 0 spiro atoms. The lowest BCUT2D eigenvalue weighted by atomic mass is 10.1. The van der Waals surface area contributed by atoms with E-state index >= 15 is 0 Å². The van der Waals surface area contributed by atoms with Crippen LogP contribution in [0.1, 0.15) is 23.7 Å². The number of amides is 1. The Morgan fingerprint density at radius 3 is 2.63 bits per heavy atom. The minimum absolute atomic E-state index is 0.0496. The molecular formula is C13H13ClN2O3. The summed E-state index contributed by atoms with van der Waals surface area (Å²) in [7, 11) is 0. The first-order valence-corrected chi connectivity index (χ1v) is 6.02. The van der Waals surface area contributed by atoms with Crippen molar-refractivity contribution in [2.45, 2.75) is 19.4 Å². The van der Waals surface area contributed by atoms with E-state index in [1.54, 1.807) is 18.2 Å². The number of carbonyl (C=O) groups excluding carboxylic acids is 1. The van der Waals surface area contributed by atoms with Crippen LogP contribution in [-0.2, 0) is 4.79 Å². The summed E-state index contributed by atoms with van der Waals surface area (Å²) in [5.74, 6) is -1.62. The first kappa shape index (κ1) is 15.0. The molecule has 0 heterocycles. The molecule has 0 radical (unpaired) electrons. The maximum Gasteiger partial charge on any atom is 0.326 e. The van der Waals surface area contributed by atoms with Crippen LogP contribution >= 0.6 is 11.6 Å². The second-order valence-corrected chi connectivity index (χ2v) is 4.31. The largest absolute Gasteiger partial charge is 0.480 e. The molecule has 1 aromatic carbocycles. The summed E-state index contributed by atoms with van der Waals surface area (Å²) in [4.78, 5) is 24.4. The van der Waals surface area contributed by atoms with E-state index < -0.39 is 17.9 Å². The molecule has 1 amide bonds. The summed E-state index contributed by atoms with van der Waals surface area (Å²) < 4.78 is 0. The first-order chi connectivity index (χ1) is 8.99. The predicted octanol–water partition coefficient (Wildman–Crippen LogP) is 2.17. The molecule has 0 bridgehead atoms. The van der Waals surface area contributed by atoms with E-state index in [1.165, 1.54) is 13.0 Å². The van der Waals surface area contributed by atoms with Crippen molar-refractivity contribution in [1.82, 2.24) is 4.90 Å². The summed E-state index contributed by atoms with van der Waals surface area (Å²) in [6.45, 7) is 1.45. The van der Waals surface area contributed by atoms with Gasteiger partial charge in [0.15, 0.2) is 0 Å². The number of hydrogen-bond donors (Lipinski definition) is 1. The molecule has 100 valence electrons. The van der Waals surface area contributed by atoms with E-state index in [0.717, 1.165) is 4.90 Å². The lowest BCUT2D eigenvalue weighted by molar-refractivity contribution is -0.141. The number of aliphatic carboxylic acids is 1. The van der Waals surface area contributed by atoms with Gasteiger partial charge >= 0.3 is 5.97 Å². The van der Waals surface area contributed by atoms with Gasteiger partial charge in [-0.1, -0.05) is 23.7 Å². The number of nitrogens with zero attached hydrogens (tertiary/aromatic N) is 2. The Morgan fingerprint density at radius 2 is 2.11 bits per heavy atom. The van der Waals surface area contributed by atoms with Crippen LogP contribution in [0.5, 0.6) is 0 Å². The minimum atomic E-state index is -1.13. The third kappa shape index (κ3) is 3.70. The summed E-state index contributed by atoms with van der Waals surface area (Å²) in [5.41, 5.74) is 0.232. The smallest absolute Gasteiger partial charge is 0.326 e. The third-order valence-corrected chi connectivity index (χ3v) is 2.98. The number of benzene rings is 1. The van der Waals surface area contributed by atoms with Crippen molar-refractivity contribution in [3.05, 3.63) is 34.9 Å². The minimum Gasteiger partial charge on any atom is -0.480 e. The molecule has 1 N–H and O–H groups in total. The number of carboxylic acid groups (broad SMARTS) is 1. The molecule has 1 atom stereocenters. The second kappa shape index (κ2) is 6.76. The monoisotopic (exact) mass is 280 g/mol. The van der Waals surface area contributed by atoms with E-state index in [1.807, 2.05) is 6.07 Å². The zero-order chi connectivity index (χ0) is 14.4. The van der Waals surface area contributed by atoms with E-state index in [2.05, 4.69) is 0 Å². The Balaban J connectivity index is 3.04. The summed E-state index contributed by atoms with van der Waals surface area (Å²) >= 11 is 5.92. The lowest BCUT2D eigenvalue weighted by Gasteiger charge is -2.26. The highest BCUT2D eigenvalue weighted by Gasteiger charge is 2.27. The van der Waals surface area contributed by atoms with Crippen molar-refractivity contribution in [2.24, 2.45) is 0 Å². The van der Waals surface area contributed by atoms with E-state index in [4.69, 9.17) is 22.0 Å². The Kier molecular flexibility index (Phi) is 5.34. The molecule has 0 saturated carbocycles. The summed E-state index contributed by atoms with van der Waals surface area (Å²) in [6, 6.07) is 7.29. The molecule has 0 aliphatic rings. The normalized spacial score (nSPS) is 11.4. The van der Waals surface area contributed by atoms with Gasteiger partial charge in [-0.05, 0) is 19.1 Å². The van der Waals surface area contributed by atoms with Crippen LogP contribution in [-0.4, -0.2) is 34.5 Å².